The summed E-state index contributed by atoms with van der Waals surface area (Å²) < 4.78 is 28.6. The van der Waals surface area contributed by atoms with Crippen molar-refractivity contribution in [1.82, 2.24) is 20.2 Å². The Bertz CT molecular complexity index is 506. The van der Waals surface area contributed by atoms with Crippen LogP contribution in [0.3, 0.4) is 0 Å². The third-order valence-electron chi connectivity index (χ3n) is 2.54. The fraction of sp³-hybridized carbons (Fsp3) is 0.364. The first kappa shape index (κ1) is 12.6. The predicted molar refractivity (Wildman–Crippen MR) is 61.5 cm³/mol. The lowest BCUT2D eigenvalue weighted by atomic mass is 10.2. The quantitative estimate of drug-likeness (QED) is 0.817. The zero-order valence-electron chi connectivity index (χ0n) is 9.68. The van der Waals surface area contributed by atoms with E-state index in [1.54, 1.807) is 0 Å². The number of rotatable bonds is 5. The largest absolute Gasteiger partial charge is 0.330 e. The van der Waals surface area contributed by atoms with Gasteiger partial charge in [-0.05, 0) is 41.9 Å². The van der Waals surface area contributed by atoms with E-state index in [0.717, 1.165) is 12.8 Å². The molecule has 0 amide bonds. The van der Waals surface area contributed by atoms with Crippen molar-refractivity contribution in [1.29, 1.82) is 0 Å². The number of tetrazole rings is 1. The second-order valence-electron chi connectivity index (χ2n) is 3.82. The molecule has 0 bridgehead atoms. The number of hydrogen-bond acceptors (Lipinski definition) is 4. The van der Waals surface area contributed by atoms with Crippen molar-refractivity contribution in [3.05, 3.63) is 29.8 Å². The Morgan fingerprint density at radius 2 is 1.89 bits per heavy atom. The summed E-state index contributed by atoms with van der Waals surface area (Å²) in [5.41, 5.74) is 5.19. The van der Waals surface area contributed by atoms with Gasteiger partial charge in [0, 0.05) is 6.54 Å². The van der Waals surface area contributed by atoms with Crippen molar-refractivity contribution in [2.75, 3.05) is 6.54 Å². The van der Waals surface area contributed by atoms with E-state index in [-0.39, 0.29) is 11.4 Å². The summed E-state index contributed by atoms with van der Waals surface area (Å²) in [6.07, 6.45) is 1.56. The van der Waals surface area contributed by atoms with Crippen LogP contribution in [0.2, 0.25) is 0 Å². The van der Waals surface area contributed by atoms with E-state index in [1.165, 1.54) is 22.9 Å². The third-order valence-corrected chi connectivity index (χ3v) is 2.54. The second-order valence-corrected chi connectivity index (χ2v) is 3.82. The number of aromatic nitrogens is 4. The summed E-state index contributed by atoms with van der Waals surface area (Å²) in [6.45, 7) is 1.04. The number of nitrogens with zero attached hydrogens (tertiary/aromatic N) is 4. The molecule has 18 heavy (non-hydrogen) atoms. The first-order valence-electron chi connectivity index (χ1n) is 5.64. The zero-order valence-corrected chi connectivity index (χ0v) is 9.68. The molecular formula is C11H13F2N5. The van der Waals surface area contributed by atoms with Crippen LogP contribution in [0.4, 0.5) is 8.78 Å². The topological polar surface area (TPSA) is 69.6 Å². The molecule has 0 fully saturated rings. The lowest BCUT2D eigenvalue weighted by molar-refractivity contribution is 0.540. The summed E-state index contributed by atoms with van der Waals surface area (Å²) in [5.74, 6) is -1.25. The highest BCUT2D eigenvalue weighted by atomic mass is 19.1. The van der Waals surface area contributed by atoms with E-state index >= 15 is 0 Å². The molecule has 0 saturated heterocycles. The number of nitrogens with two attached hydrogens (primary N) is 1. The maximum atomic E-state index is 13.6. The molecule has 0 aliphatic rings. The smallest absolute Gasteiger partial charge is 0.187 e. The second kappa shape index (κ2) is 5.63. The Balaban J connectivity index is 2.31. The SMILES string of the molecule is NCCCCn1nnnc1-c1c(F)cccc1F. The third kappa shape index (κ3) is 2.51. The summed E-state index contributed by atoms with van der Waals surface area (Å²) in [6, 6.07) is 3.66. The molecule has 1 aromatic carbocycles. The van der Waals surface area contributed by atoms with Crippen LogP contribution in [0.1, 0.15) is 12.8 Å². The summed E-state index contributed by atoms with van der Waals surface area (Å²) in [5, 5.41) is 10.9. The molecule has 0 spiro atoms. The molecule has 0 saturated carbocycles. The van der Waals surface area contributed by atoms with Gasteiger partial charge in [0.2, 0.25) is 0 Å². The first-order chi connectivity index (χ1) is 8.74. The molecule has 0 aliphatic carbocycles. The van der Waals surface area contributed by atoms with Crippen LogP contribution in [0, 0.1) is 11.6 Å². The van der Waals surface area contributed by atoms with Gasteiger partial charge in [0.05, 0.1) is 5.56 Å². The van der Waals surface area contributed by atoms with Crippen molar-refractivity contribution in [3.63, 3.8) is 0 Å². The fourth-order valence-electron chi connectivity index (χ4n) is 1.65. The van der Waals surface area contributed by atoms with Gasteiger partial charge in [-0.15, -0.1) is 5.10 Å². The molecule has 1 aromatic heterocycles. The van der Waals surface area contributed by atoms with Gasteiger partial charge in [0.15, 0.2) is 5.82 Å². The Hall–Kier alpha value is -1.89. The summed E-state index contributed by atoms with van der Waals surface area (Å²) in [7, 11) is 0. The van der Waals surface area contributed by atoms with E-state index in [1.807, 2.05) is 0 Å². The van der Waals surface area contributed by atoms with Gasteiger partial charge in [0.1, 0.15) is 11.6 Å². The summed E-state index contributed by atoms with van der Waals surface area (Å²) in [4.78, 5) is 0. The van der Waals surface area contributed by atoms with E-state index in [9.17, 15) is 8.78 Å². The minimum Gasteiger partial charge on any atom is -0.330 e. The van der Waals surface area contributed by atoms with E-state index in [2.05, 4.69) is 15.5 Å². The van der Waals surface area contributed by atoms with Crippen molar-refractivity contribution >= 4 is 0 Å². The fourth-order valence-corrected chi connectivity index (χ4v) is 1.65. The predicted octanol–water partition coefficient (Wildman–Crippen LogP) is 1.36. The maximum absolute atomic E-state index is 13.6. The van der Waals surface area contributed by atoms with Crippen molar-refractivity contribution in [3.8, 4) is 11.4 Å². The first-order valence-corrected chi connectivity index (χ1v) is 5.64. The Morgan fingerprint density at radius 1 is 1.17 bits per heavy atom. The van der Waals surface area contributed by atoms with Crippen molar-refractivity contribution in [2.45, 2.75) is 19.4 Å². The van der Waals surface area contributed by atoms with E-state index in [4.69, 9.17) is 5.73 Å². The molecule has 0 unspecified atom stereocenters. The minimum atomic E-state index is -0.676. The molecule has 2 aromatic rings. The van der Waals surface area contributed by atoms with Gasteiger partial charge in [-0.25, -0.2) is 13.5 Å². The zero-order chi connectivity index (χ0) is 13.0. The summed E-state index contributed by atoms with van der Waals surface area (Å²) >= 11 is 0. The average molecular weight is 253 g/mol. The van der Waals surface area contributed by atoms with Crippen molar-refractivity contribution < 1.29 is 8.78 Å². The molecule has 96 valence electrons. The monoisotopic (exact) mass is 253 g/mol. The molecule has 0 radical (unpaired) electrons. The van der Waals surface area contributed by atoms with Crippen molar-refractivity contribution in [2.24, 2.45) is 5.73 Å². The maximum Gasteiger partial charge on any atom is 0.187 e. The molecular weight excluding hydrogens is 240 g/mol. The highest BCUT2D eigenvalue weighted by molar-refractivity contribution is 5.56. The normalized spacial score (nSPS) is 10.8. The Kier molecular flexibility index (Phi) is 3.93. The standard InChI is InChI=1S/C11H13F2N5/c12-8-4-3-5-9(13)10(8)11-15-16-17-18(11)7-2-1-6-14/h3-5H,1-2,6-7,14H2. The Labute approximate surface area is 103 Å². The van der Waals surface area contributed by atoms with E-state index in [0.29, 0.717) is 13.1 Å². The van der Waals surface area contributed by atoms with Gasteiger partial charge in [-0.3, -0.25) is 0 Å². The van der Waals surface area contributed by atoms with Crippen LogP contribution in [0.25, 0.3) is 11.4 Å². The molecule has 1 heterocycles. The molecule has 2 rings (SSSR count). The lowest BCUT2D eigenvalue weighted by Gasteiger charge is -2.05. The van der Waals surface area contributed by atoms with E-state index < -0.39 is 11.6 Å². The van der Waals surface area contributed by atoms with Crippen LogP contribution in [0.15, 0.2) is 18.2 Å². The van der Waals surface area contributed by atoms with Gasteiger partial charge >= 0.3 is 0 Å². The van der Waals surface area contributed by atoms with Crippen LogP contribution >= 0.6 is 0 Å². The van der Waals surface area contributed by atoms with Crippen LogP contribution in [-0.2, 0) is 6.54 Å². The Morgan fingerprint density at radius 3 is 2.56 bits per heavy atom. The molecule has 2 N–H and O–H groups in total. The number of halogens is 2. The van der Waals surface area contributed by atoms with Crippen LogP contribution in [0.5, 0.6) is 0 Å². The average Bonchev–Trinajstić information content (AvgIpc) is 2.78. The molecule has 5 nitrogen and oxygen atoms in total. The number of hydrogen-bond donors (Lipinski definition) is 1. The minimum absolute atomic E-state index is 0.0996. The molecule has 7 heteroatoms. The van der Waals surface area contributed by atoms with Gasteiger partial charge in [0.25, 0.3) is 0 Å². The van der Waals surface area contributed by atoms with Gasteiger partial charge < -0.3 is 5.73 Å². The highest BCUT2D eigenvalue weighted by Gasteiger charge is 2.17. The molecule has 0 aliphatic heterocycles. The number of benzene rings is 1. The van der Waals surface area contributed by atoms with Gasteiger partial charge in [-0.1, -0.05) is 6.07 Å². The number of aryl methyl sites for hydroxylation is 1. The molecule has 0 atom stereocenters. The van der Waals surface area contributed by atoms with Crippen LogP contribution in [-0.4, -0.2) is 26.8 Å². The lowest BCUT2D eigenvalue weighted by Crippen LogP contribution is -2.07. The van der Waals surface area contributed by atoms with Gasteiger partial charge in [-0.2, -0.15) is 0 Å². The van der Waals surface area contributed by atoms with Crippen LogP contribution < -0.4 is 5.73 Å². The number of unbranched alkanes of at least 4 members (excludes halogenated alkanes) is 1. The highest BCUT2D eigenvalue weighted by Crippen LogP contribution is 2.23.